The number of rotatable bonds is 0. The summed E-state index contributed by atoms with van der Waals surface area (Å²) in [6.07, 6.45) is 0. The maximum Gasteiger partial charge on any atom is 2.00 e. The molecule has 0 saturated heterocycles. The fourth-order valence-electron chi connectivity index (χ4n) is 0. The van der Waals surface area contributed by atoms with E-state index in [1.54, 1.807) is 0 Å². The third kappa shape index (κ3) is 177. The van der Waals surface area contributed by atoms with Gasteiger partial charge in [0.25, 0.3) is 0 Å². The molecule has 0 heterocycles. The fraction of sp³-hybridized carbons (Fsp3) is 0. The quantitative estimate of drug-likeness (QED) is 0.315. The summed E-state index contributed by atoms with van der Waals surface area (Å²) in [6.45, 7) is 0. The van der Waals surface area contributed by atoms with Crippen LogP contribution in [-0.4, -0.2) is 642 Å². The molecular formula is H42Ca17Cl8. The largest absolute Gasteiger partial charge is 2.00 e. The molecule has 0 aliphatic rings. The van der Waals surface area contributed by atoms with E-state index in [0.717, 1.165) is 0 Å². The van der Waals surface area contributed by atoms with Gasteiger partial charge in [0.15, 0.2) is 0 Å². The molecular weight excluding hydrogens is 965 g/mol. The van der Waals surface area contributed by atoms with Gasteiger partial charge in [-0.05, 0) is 0 Å². The summed E-state index contributed by atoms with van der Waals surface area (Å²) >= 11 is 0. The first kappa shape index (κ1) is 197. The number of hydrogen-bond donors (Lipinski definition) is 0. The van der Waals surface area contributed by atoms with E-state index in [2.05, 4.69) is 0 Å². The van der Waals surface area contributed by atoms with Gasteiger partial charge in [-0.3, -0.25) is 0 Å². The SMILES string of the molecule is Cl.Cl.Cl.Cl.Cl.Cl.Cl.Cl.[Ca+2].[Ca+2].[Ca+2].[Ca+2].[Ca+2].[Ca+2].[Ca+2].[Ca+2].[Ca+2].[Ca+2].[Ca+2].[Ca+2].[Ca+2].[Ca+2].[Ca+2].[Ca+2].[Ca+2].[H-].[H-].[H-].[H-].[H-].[H-].[H-].[H-].[H-].[H-].[H-].[H-].[H-].[H-].[H-].[H-].[H-].[H-].[H-].[H-].[H-].[H-].[H-].[H-].[H-].[H-].[H-].[H-].[H-].[H-].[H-].[H-].[H-].[H-]. The molecule has 0 N–H and O–H groups in total. The van der Waals surface area contributed by atoms with Crippen LogP contribution in [0.1, 0.15) is 48.5 Å². The van der Waals surface area contributed by atoms with E-state index in [4.69, 9.17) is 0 Å². The molecule has 0 aromatic rings. The molecule has 0 saturated carbocycles. The minimum atomic E-state index is 0. The molecule has 0 nitrogen and oxygen atoms in total. The predicted molar refractivity (Wildman–Crippen MR) is 194 cm³/mol. The van der Waals surface area contributed by atoms with Crippen LogP contribution in [0.4, 0.5) is 0 Å². The van der Waals surface area contributed by atoms with E-state index in [1.807, 2.05) is 0 Å². The Labute approximate surface area is 763 Å². The van der Waals surface area contributed by atoms with Gasteiger partial charge in [0, 0.05) is 0 Å². The van der Waals surface area contributed by atoms with Crippen LogP contribution in [0.3, 0.4) is 0 Å². The van der Waals surface area contributed by atoms with Crippen molar-refractivity contribution in [2.45, 2.75) is 0 Å². The second-order valence-electron chi connectivity index (χ2n) is 0. The van der Waals surface area contributed by atoms with Crippen molar-refractivity contribution in [3.8, 4) is 0 Å². The fourth-order valence-corrected chi connectivity index (χ4v) is 0. The Morgan fingerprint density at radius 1 is 0.120 bits per heavy atom. The van der Waals surface area contributed by atoms with Crippen LogP contribution in [0.2, 0.25) is 0 Å². The van der Waals surface area contributed by atoms with Crippen molar-refractivity contribution < 1.29 is 48.5 Å². The van der Waals surface area contributed by atoms with E-state index in [9.17, 15) is 0 Å². The Morgan fingerprint density at radius 2 is 0.120 bits per heavy atom. The summed E-state index contributed by atoms with van der Waals surface area (Å²) in [5, 5.41) is 0. The van der Waals surface area contributed by atoms with E-state index in [-0.39, 0.29) is 789 Å². The summed E-state index contributed by atoms with van der Waals surface area (Å²) in [5.74, 6) is 0. The Balaban J connectivity index is 0. The molecule has 0 radical (unpaired) electrons. The smallest absolute Gasteiger partial charge is 1.00 e. The van der Waals surface area contributed by atoms with Gasteiger partial charge in [-0.1, -0.05) is 0 Å². The first-order chi connectivity index (χ1) is 0. The standard InChI is InChI=1S/17Ca.8ClH.34H/h;;;;;;;;;;;;;;;;;8*1H;;;;;;;;;;;;;;;;;;;;;;;;;;;;;;;;;;/q17*+2;;;;;;;;;34*-1. The van der Waals surface area contributed by atoms with E-state index in [0.29, 0.717) is 0 Å². The molecule has 0 spiro atoms. The number of hydrogen-bond acceptors (Lipinski definition) is 0. The van der Waals surface area contributed by atoms with Gasteiger partial charge in [0.2, 0.25) is 0 Å². The Kier molecular flexibility index (Phi) is 1460. The third-order valence-electron chi connectivity index (χ3n) is 0. The monoisotopic (exact) mass is 1000 g/mol. The molecule has 0 atom stereocenters. The minimum Gasteiger partial charge on any atom is -1.00 e. The first-order valence-electron chi connectivity index (χ1n) is 0. The van der Waals surface area contributed by atoms with Crippen LogP contribution < -0.4 is 0 Å². The zero-order valence-corrected chi connectivity index (χ0v) is 59.4. The average molecular weight is 1010 g/mol. The van der Waals surface area contributed by atoms with Gasteiger partial charge >= 0.3 is 642 Å². The van der Waals surface area contributed by atoms with E-state index < -0.39 is 0 Å². The molecule has 0 bridgehead atoms. The van der Waals surface area contributed by atoms with Crippen LogP contribution in [-0.2, 0) is 0 Å². The van der Waals surface area contributed by atoms with Crippen molar-refractivity contribution in [3.05, 3.63) is 0 Å². The minimum absolute atomic E-state index is 0. The third-order valence-corrected chi connectivity index (χ3v) is 0. The second-order valence-corrected chi connectivity index (χ2v) is 0. The van der Waals surface area contributed by atoms with Crippen molar-refractivity contribution in [1.29, 1.82) is 0 Å². The van der Waals surface area contributed by atoms with Crippen LogP contribution in [0, 0.1) is 0 Å². The van der Waals surface area contributed by atoms with Crippen molar-refractivity contribution in [3.63, 3.8) is 0 Å². The van der Waals surface area contributed by atoms with Gasteiger partial charge in [0.05, 0.1) is 0 Å². The van der Waals surface area contributed by atoms with Gasteiger partial charge < -0.3 is 48.5 Å². The molecule has 0 fully saturated rings. The molecule has 0 aromatic heterocycles. The van der Waals surface area contributed by atoms with Crippen molar-refractivity contribution >= 4 is 741 Å². The van der Waals surface area contributed by atoms with Crippen LogP contribution in [0.15, 0.2) is 0 Å². The van der Waals surface area contributed by atoms with Crippen molar-refractivity contribution in [2.24, 2.45) is 0 Å². The summed E-state index contributed by atoms with van der Waals surface area (Å²) in [5.41, 5.74) is 0. The Bertz CT molecular complexity index is 80.6. The van der Waals surface area contributed by atoms with Crippen LogP contribution >= 0.6 is 99.3 Å². The van der Waals surface area contributed by atoms with Crippen molar-refractivity contribution in [1.82, 2.24) is 0 Å². The van der Waals surface area contributed by atoms with Gasteiger partial charge in [-0.15, -0.1) is 99.3 Å². The van der Waals surface area contributed by atoms with Gasteiger partial charge in [0.1, 0.15) is 0 Å². The molecule has 0 aliphatic carbocycles. The van der Waals surface area contributed by atoms with E-state index in [1.165, 1.54) is 0 Å². The Morgan fingerprint density at radius 3 is 0.120 bits per heavy atom. The van der Waals surface area contributed by atoms with Gasteiger partial charge in [-0.2, -0.15) is 0 Å². The average Bonchev–Trinajstić information content (AvgIpc) is 0. The number of halogens is 8. The molecule has 0 aliphatic heterocycles. The molecule has 0 rings (SSSR count). The second kappa shape index (κ2) is 185. The molecule has 0 aromatic carbocycles. The Hall–Kier alpha value is 23.7. The maximum atomic E-state index is 0. The summed E-state index contributed by atoms with van der Waals surface area (Å²) < 4.78 is 0. The van der Waals surface area contributed by atoms with E-state index >= 15 is 0 Å². The summed E-state index contributed by atoms with van der Waals surface area (Å²) in [7, 11) is 0. The van der Waals surface area contributed by atoms with Gasteiger partial charge in [-0.25, -0.2) is 0 Å². The predicted octanol–water partition coefficient (Wildman–Crippen LogP) is 0.726. The zero-order chi connectivity index (χ0) is 0. The maximum absolute atomic E-state index is 0. The molecule has 25 heteroatoms. The molecule has 0 amide bonds. The molecule has 0 unspecified atom stereocenters. The molecule has 25 heavy (non-hydrogen) atoms. The zero-order valence-electron chi connectivity index (χ0n) is 49.3. The summed E-state index contributed by atoms with van der Waals surface area (Å²) in [4.78, 5) is 0. The summed E-state index contributed by atoms with van der Waals surface area (Å²) in [6, 6.07) is 0. The van der Waals surface area contributed by atoms with Crippen LogP contribution in [0.5, 0.6) is 0 Å². The van der Waals surface area contributed by atoms with Crippen LogP contribution in [0.25, 0.3) is 0 Å². The molecule has 132 valence electrons. The normalized spacial score (nSPS) is 0. The first-order valence-corrected chi connectivity index (χ1v) is 0. The van der Waals surface area contributed by atoms with Crippen molar-refractivity contribution in [2.75, 3.05) is 0 Å². The topological polar surface area (TPSA) is 0 Å².